The molecular weight excluding hydrogens is 214 g/mol. The summed E-state index contributed by atoms with van der Waals surface area (Å²) in [6.45, 7) is 2.30. The van der Waals surface area contributed by atoms with Crippen LogP contribution in [0.1, 0.15) is 24.2 Å². The van der Waals surface area contributed by atoms with Crippen LogP contribution in [-0.4, -0.2) is 21.8 Å². The van der Waals surface area contributed by atoms with Gasteiger partial charge in [-0.1, -0.05) is 0 Å². The predicted molar refractivity (Wildman–Crippen MR) is 58.6 cm³/mol. The summed E-state index contributed by atoms with van der Waals surface area (Å²) in [6.07, 6.45) is 4.51. The van der Waals surface area contributed by atoms with Gasteiger partial charge in [0.25, 0.3) is 0 Å². The number of nitrogens with zero attached hydrogens (tertiary/aromatic N) is 2. The van der Waals surface area contributed by atoms with Crippen LogP contribution in [0.5, 0.6) is 0 Å². The number of hydrogen-bond acceptors (Lipinski definition) is 3. The van der Waals surface area contributed by atoms with Gasteiger partial charge in [0.1, 0.15) is 0 Å². The summed E-state index contributed by atoms with van der Waals surface area (Å²) in [7, 11) is 0. The highest BCUT2D eigenvalue weighted by molar-refractivity contribution is 6.17. The van der Waals surface area contributed by atoms with E-state index in [9.17, 15) is 4.79 Å². The van der Waals surface area contributed by atoms with Crippen molar-refractivity contribution in [2.45, 2.75) is 26.3 Å². The number of amides is 1. The zero-order valence-electron chi connectivity index (χ0n) is 8.66. The molecule has 0 unspecified atom stereocenters. The molecule has 0 fully saturated rings. The Bertz CT molecular complexity index is 313. The Labute approximate surface area is 94.1 Å². The molecule has 0 saturated carbocycles. The van der Waals surface area contributed by atoms with Gasteiger partial charge >= 0.3 is 0 Å². The number of aryl methyl sites for hydroxylation is 1. The van der Waals surface area contributed by atoms with E-state index in [2.05, 4.69) is 15.3 Å². The summed E-state index contributed by atoms with van der Waals surface area (Å²) in [6, 6.07) is 0. The summed E-state index contributed by atoms with van der Waals surface area (Å²) in [5, 5.41) is 2.75. The second-order valence-corrected chi connectivity index (χ2v) is 3.60. The molecule has 1 aromatic heterocycles. The second kappa shape index (κ2) is 6.35. The minimum absolute atomic E-state index is 0.00183. The van der Waals surface area contributed by atoms with Crippen LogP contribution < -0.4 is 5.32 Å². The van der Waals surface area contributed by atoms with E-state index < -0.39 is 0 Å². The second-order valence-electron chi connectivity index (χ2n) is 3.22. The number of halogens is 1. The zero-order valence-corrected chi connectivity index (χ0v) is 9.42. The molecule has 0 aliphatic heterocycles. The molecule has 0 radical (unpaired) electrons. The van der Waals surface area contributed by atoms with Crippen LogP contribution in [-0.2, 0) is 11.3 Å². The SMILES string of the molecule is Cc1cnc(CNC(=O)CCCCl)cn1. The van der Waals surface area contributed by atoms with Gasteiger partial charge in [0.15, 0.2) is 0 Å². The van der Waals surface area contributed by atoms with Gasteiger partial charge in [-0.25, -0.2) is 0 Å². The standard InChI is InChI=1S/C10H14ClN3O/c1-8-5-13-9(6-12-8)7-14-10(15)3-2-4-11/h5-6H,2-4,7H2,1H3,(H,14,15). The van der Waals surface area contributed by atoms with Gasteiger partial charge in [-0.15, -0.1) is 11.6 Å². The van der Waals surface area contributed by atoms with E-state index >= 15 is 0 Å². The van der Waals surface area contributed by atoms with E-state index in [-0.39, 0.29) is 5.91 Å². The third-order valence-electron chi connectivity index (χ3n) is 1.84. The maximum atomic E-state index is 11.2. The first-order valence-electron chi connectivity index (χ1n) is 4.82. The number of hydrogen-bond donors (Lipinski definition) is 1. The maximum Gasteiger partial charge on any atom is 0.220 e. The highest BCUT2D eigenvalue weighted by Gasteiger charge is 2.01. The summed E-state index contributed by atoms with van der Waals surface area (Å²) in [5.41, 5.74) is 1.63. The Morgan fingerprint density at radius 1 is 1.47 bits per heavy atom. The van der Waals surface area contributed by atoms with Gasteiger partial charge in [0.05, 0.1) is 24.1 Å². The van der Waals surface area contributed by atoms with Crippen LogP contribution in [0, 0.1) is 6.92 Å². The molecule has 0 atom stereocenters. The van der Waals surface area contributed by atoms with Gasteiger partial charge in [-0.05, 0) is 13.3 Å². The maximum absolute atomic E-state index is 11.2. The zero-order chi connectivity index (χ0) is 11.1. The Hall–Kier alpha value is -1.16. The predicted octanol–water partition coefficient (Wildman–Crippen LogP) is 1.42. The van der Waals surface area contributed by atoms with E-state index in [1.807, 2.05) is 6.92 Å². The fraction of sp³-hybridized carbons (Fsp3) is 0.500. The molecule has 1 N–H and O–H groups in total. The molecule has 1 aromatic rings. The Morgan fingerprint density at radius 2 is 2.27 bits per heavy atom. The first-order valence-corrected chi connectivity index (χ1v) is 5.36. The van der Waals surface area contributed by atoms with Gasteiger partial charge in [0, 0.05) is 18.5 Å². The number of carbonyl (C=O) groups is 1. The monoisotopic (exact) mass is 227 g/mol. The van der Waals surface area contributed by atoms with Crippen LogP contribution in [0.4, 0.5) is 0 Å². The lowest BCUT2D eigenvalue weighted by Crippen LogP contribution is -2.23. The summed E-state index contributed by atoms with van der Waals surface area (Å²) >= 11 is 5.48. The van der Waals surface area contributed by atoms with Crippen molar-refractivity contribution < 1.29 is 4.79 Å². The van der Waals surface area contributed by atoms with E-state index in [0.29, 0.717) is 25.3 Å². The molecular formula is C10H14ClN3O. The number of carbonyl (C=O) groups excluding carboxylic acids is 1. The van der Waals surface area contributed by atoms with E-state index in [1.54, 1.807) is 12.4 Å². The third-order valence-corrected chi connectivity index (χ3v) is 2.11. The summed E-state index contributed by atoms with van der Waals surface area (Å²) in [4.78, 5) is 19.4. The number of alkyl halides is 1. The molecule has 0 saturated heterocycles. The average Bonchev–Trinajstić information content (AvgIpc) is 2.25. The van der Waals surface area contributed by atoms with Crippen molar-refractivity contribution in [2.75, 3.05) is 5.88 Å². The van der Waals surface area contributed by atoms with Gasteiger partial charge in [0.2, 0.25) is 5.91 Å². The number of aromatic nitrogens is 2. The molecule has 0 bridgehead atoms. The first-order chi connectivity index (χ1) is 7.22. The average molecular weight is 228 g/mol. The molecule has 0 aliphatic rings. The van der Waals surface area contributed by atoms with Crippen LogP contribution in [0.2, 0.25) is 0 Å². The molecule has 4 nitrogen and oxygen atoms in total. The highest BCUT2D eigenvalue weighted by atomic mass is 35.5. The van der Waals surface area contributed by atoms with Crippen molar-refractivity contribution in [1.82, 2.24) is 15.3 Å². The minimum atomic E-state index is -0.00183. The summed E-state index contributed by atoms with van der Waals surface area (Å²) in [5.74, 6) is 0.510. The molecule has 5 heteroatoms. The highest BCUT2D eigenvalue weighted by Crippen LogP contribution is 1.95. The van der Waals surface area contributed by atoms with Crippen LogP contribution >= 0.6 is 11.6 Å². The van der Waals surface area contributed by atoms with Gasteiger partial charge in [-0.2, -0.15) is 0 Å². The molecule has 1 heterocycles. The van der Waals surface area contributed by atoms with Crippen LogP contribution in [0.3, 0.4) is 0 Å². The lowest BCUT2D eigenvalue weighted by molar-refractivity contribution is -0.121. The Balaban J connectivity index is 2.30. The molecule has 15 heavy (non-hydrogen) atoms. The molecule has 0 aromatic carbocycles. The van der Waals surface area contributed by atoms with Crippen LogP contribution in [0.25, 0.3) is 0 Å². The van der Waals surface area contributed by atoms with Crippen molar-refractivity contribution >= 4 is 17.5 Å². The molecule has 0 aliphatic carbocycles. The molecule has 0 spiro atoms. The van der Waals surface area contributed by atoms with Crippen molar-refractivity contribution in [1.29, 1.82) is 0 Å². The lowest BCUT2D eigenvalue weighted by Gasteiger charge is -2.03. The normalized spacial score (nSPS) is 10.0. The van der Waals surface area contributed by atoms with Crippen LogP contribution in [0.15, 0.2) is 12.4 Å². The van der Waals surface area contributed by atoms with Crippen molar-refractivity contribution in [3.63, 3.8) is 0 Å². The fourth-order valence-electron chi connectivity index (χ4n) is 1.02. The van der Waals surface area contributed by atoms with Crippen molar-refractivity contribution in [2.24, 2.45) is 0 Å². The summed E-state index contributed by atoms with van der Waals surface area (Å²) < 4.78 is 0. The van der Waals surface area contributed by atoms with Crippen molar-refractivity contribution in [3.8, 4) is 0 Å². The quantitative estimate of drug-likeness (QED) is 0.775. The molecule has 1 amide bonds. The molecule has 82 valence electrons. The smallest absolute Gasteiger partial charge is 0.220 e. The van der Waals surface area contributed by atoms with E-state index in [0.717, 1.165) is 11.4 Å². The van der Waals surface area contributed by atoms with E-state index in [1.165, 1.54) is 0 Å². The van der Waals surface area contributed by atoms with Crippen molar-refractivity contribution in [3.05, 3.63) is 23.8 Å². The fourth-order valence-corrected chi connectivity index (χ4v) is 1.15. The lowest BCUT2D eigenvalue weighted by atomic mass is 10.3. The molecule has 1 rings (SSSR count). The van der Waals surface area contributed by atoms with E-state index in [4.69, 9.17) is 11.6 Å². The first kappa shape index (κ1) is 11.9. The van der Waals surface area contributed by atoms with Gasteiger partial charge < -0.3 is 5.32 Å². The topological polar surface area (TPSA) is 54.9 Å². The number of rotatable bonds is 5. The minimum Gasteiger partial charge on any atom is -0.350 e. The Kier molecular flexibility index (Phi) is 5.04. The number of nitrogens with one attached hydrogen (secondary N) is 1. The Morgan fingerprint density at radius 3 is 2.87 bits per heavy atom. The third kappa shape index (κ3) is 4.74. The largest absolute Gasteiger partial charge is 0.350 e. The van der Waals surface area contributed by atoms with Gasteiger partial charge in [-0.3, -0.25) is 14.8 Å².